The van der Waals surface area contributed by atoms with E-state index >= 15 is 0 Å². The van der Waals surface area contributed by atoms with E-state index in [2.05, 4.69) is 158 Å². The van der Waals surface area contributed by atoms with Crippen LogP contribution in [0.3, 0.4) is 0 Å². The maximum Gasteiger partial charge on any atom is 0.164 e. The van der Waals surface area contributed by atoms with Gasteiger partial charge in [-0.2, -0.15) is 0 Å². The molecular weight excluding hydrogens is 607 g/mol. The smallest absolute Gasteiger partial charge is 0.164 e. The molecule has 0 N–H and O–H groups in total. The zero-order chi connectivity index (χ0) is 33.0. The highest BCUT2D eigenvalue weighted by Crippen LogP contribution is 2.43. The van der Waals surface area contributed by atoms with Gasteiger partial charge in [0, 0.05) is 16.7 Å². The fraction of sp³-hybridized carbons (Fsp3) is 0. The van der Waals surface area contributed by atoms with Crippen molar-refractivity contribution >= 4 is 53.9 Å². The second kappa shape index (κ2) is 11.5. The zero-order valence-corrected chi connectivity index (χ0v) is 27.1. The monoisotopic (exact) mass is 635 g/mol. The Bertz CT molecular complexity index is 2920. The summed E-state index contributed by atoms with van der Waals surface area (Å²) in [5.41, 5.74) is 5.18. The number of rotatable bonds is 4. The fourth-order valence-electron chi connectivity index (χ4n) is 7.59. The predicted octanol–water partition coefficient (Wildman–Crippen LogP) is 12.3. The van der Waals surface area contributed by atoms with Crippen molar-refractivity contribution in [3.63, 3.8) is 0 Å². The second-order valence-corrected chi connectivity index (χ2v) is 12.8. The molecule has 3 nitrogen and oxygen atoms in total. The van der Waals surface area contributed by atoms with E-state index in [9.17, 15) is 0 Å². The molecule has 0 aliphatic carbocycles. The summed E-state index contributed by atoms with van der Waals surface area (Å²) in [4.78, 5) is 15.3. The average molecular weight is 636 g/mol. The van der Waals surface area contributed by atoms with Crippen LogP contribution in [0.1, 0.15) is 0 Å². The first kappa shape index (κ1) is 28.3. The highest BCUT2D eigenvalue weighted by Gasteiger charge is 2.17. The van der Waals surface area contributed by atoms with E-state index in [4.69, 9.17) is 15.0 Å². The third-order valence-electron chi connectivity index (χ3n) is 9.88. The van der Waals surface area contributed by atoms with Crippen LogP contribution in [-0.2, 0) is 0 Å². The normalized spacial score (nSPS) is 11.6. The first-order valence-corrected chi connectivity index (χ1v) is 17.0. The number of fused-ring (bicyclic) bond motifs is 9. The van der Waals surface area contributed by atoms with Crippen molar-refractivity contribution in [2.24, 2.45) is 0 Å². The molecule has 9 aromatic carbocycles. The van der Waals surface area contributed by atoms with Gasteiger partial charge in [0.25, 0.3) is 0 Å². The largest absolute Gasteiger partial charge is 0.208 e. The lowest BCUT2D eigenvalue weighted by Crippen LogP contribution is -2.00. The number of hydrogen-bond acceptors (Lipinski definition) is 3. The van der Waals surface area contributed by atoms with Gasteiger partial charge in [0.05, 0.1) is 0 Å². The van der Waals surface area contributed by atoms with Gasteiger partial charge in [-0.25, -0.2) is 15.0 Å². The van der Waals surface area contributed by atoms with Gasteiger partial charge in [0.2, 0.25) is 0 Å². The van der Waals surface area contributed by atoms with Crippen molar-refractivity contribution in [2.45, 2.75) is 0 Å². The van der Waals surface area contributed by atoms with Crippen molar-refractivity contribution < 1.29 is 0 Å². The fourth-order valence-corrected chi connectivity index (χ4v) is 7.59. The maximum absolute atomic E-state index is 5.15. The lowest BCUT2D eigenvalue weighted by atomic mass is 9.87. The summed E-state index contributed by atoms with van der Waals surface area (Å²) < 4.78 is 0. The Morgan fingerprint density at radius 3 is 1.50 bits per heavy atom. The minimum Gasteiger partial charge on any atom is -0.208 e. The van der Waals surface area contributed by atoms with Crippen molar-refractivity contribution in [3.05, 3.63) is 176 Å². The van der Waals surface area contributed by atoms with E-state index in [1.165, 1.54) is 48.7 Å². The molecule has 0 aliphatic rings. The zero-order valence-electron chi connectivity index (χ0n) is 27.1. The van der Waals surface area contributed by atoms with Crippen LogP contribution in [0.2, 0.25) is 0 Å². The van der Waals surface area contributed by atoms with E-state index in [1.54, 1.807) is 0 Å². The van der Waals surface area contributed by atoms with Crippen molar-refractivity contribution in [1.82, 2.24) is 15.0 Å². The van der Waals surface area contributed by atoms with Gasteiger partial charge in [-0.05, 0) is 77.1 Å². The second-order valence-electron chi connectivity index (χ2n) is 12.8. The molecule has 1 heterocycles. The molecule has 0 aliphatic heterocycles. The van der Waals surface area contributed by atoms with Crippen LogP contribution in [0.15, 0.2) is 176 Å². The molecule has 1 aromatic heterocycles. The lowest BCUT2D eigenvalue weighted by Gasteiger charge is -2.16. The summed E-state index contributed by atoms with van der Waals surface area (Å²) in [6.07, 6.45) is 0. The summed E-state index contributed by atoms with van der Waals surface area (Å²) in [6, 6.07) is 62.2. The Kier molecular flexibility index (Phi) is 6.49. The Hall–Kier alpha value is -6.71. The molecular formula is C47H29N3. The van der Waals surface area contributed by atoms with Gasteiger partial charge in [0.15, 0.2) is 17.5 Å². The summed E-state index contributed by atoms with van der Waals surface area (Å²) in [5.74, 6) is 1.95. The Morgan fingerprint density at radius 2 is 0.740 bits per heavy atom. The standard InChI is InChI=1S/C47H29N3/c1-2-15-31(16-3-1)45-48-46(50-47(49-45)41-27-13-17-30-14-4-5-20-34(30)41)33-19-12-18-32(28-33)42-29-43-37-23-7-6-21-35(37)36-22-8-10-25-39(36)44(43)40-26-11-9-24-38(40)42/h1-29H. The van der Waals surface area contributed by atoms with Crippen molar-refractivity contribution in [2.75, 3.05) is 0 Å². The van der Waals surface area contributed by atoms with Crippen LogP contribution in [0, 0.1) is 0 Å². The highest BCUT2D eigenvalue weighted by atomic mass is 15.0. The summed E-state index contributed by atoms with van der Waals surface area (Å²) in [7, 11) is 0. The number of nitrogens with zero attached hydrogens (tertiary/aromatic N) is 3. The third-order valence-corrected chi connectivity index (χ3v) is 9.88. The first-order valence-electron chi connectivity index (χ1n) is 17.0. The van der Waals surface area contributed by atoms with Crippen LogP contribution in [-0.4, -0.2) is 15.0 Å². The van der Waals surface area contributed by atoms with Gasteiger partial charge in [0.1, 0.15) is 0 Å². The molecule has 10 aromatic rings. The van der Waals surface area contributed by atoms with Gasteiger partial charge in [-0.15, -0.1) is 0 Å². The van der Waals surface area contributed by atoms with E-state index in [-0.39, 0.29) is 0 Å². The topological polar surface area (TPSA) is 38.7 Å². The molecule has 3 heteroatoms. The van der Waals surface area contributed by atoms with Gasteiger partial charge >= 0.3 is 0 Å². The van der Waals surface area contributed by atoms with E-state index in [0.717, 1.165) is 33.0 Å². The molecule has 0 saturated carbocycles. The Labute approximate surface area is 289 Å². The SMILES string of the molecule is c1ccc(-c2nc(-c3cccc(-c4cc5c6ccccc6c6ccccc6c5c5ccccc45)c3)nc(-c3cccc4ccccc34)n2)cc1. The van der Waals surface area contributed by atoms with Crippen LogP contribution in [0.4, 0.5) is 0 Å². The van der Waals surface area contributed by atoms with Crippen LogP contribution in [0.5, 0.6) is 0 Å². The molecule has 0 fully saturated rings. The average Bonchev–Trinajstić information content (AvgIpc) is 3.20. The maximum atomic E-state index is 5.15. The molecule has 0 atom stereocenters. The molecule has 0 unspecified atom stereocenters. The molecule has 10 rings (SSSR count). The minimum absolute atomic E-state index is 0.644. The van der Waals surface area contributed by atoms with Gasteiger partial charge in [-0.1, -0.05) is 164 Å². The Morgan fingerprint density at radius 1 is 0.260 bits per heavy atom. The molecule has 0 spiro atoms. The third kappa shape index (κ3) is 4.56. The number of aromatic nitrogens is 3. The van der Waals surface area contributed by atoms with E-state index < -0.39 is 0 Å². The lowest BCUT2D eigenvalue weighted by molar-refractivity contribution is 1.08. The molecule has 0 radical (unpaired) electrons. The molecule has 0 saturated heterocycles. The van der Waals surface area contributed by atoms with Crippen LogP contribution in [0.25, 0.3) is 99.2 Å². The first-order chi connectivity index (χ1) is 24.8. The molecule has 0 amide bonds. The summed E-state index contributed by atoms with van der Waals surface area (Å²) in [6.45, 7) is 0. The van der Waals surface area contributed by atoms with Gasteiger partial charge in [-0.3, -0.25) is 0 Å². The Balaban J connectivity index is 1.22. The summed E-state index contributed by atoms with van der Waals surface area (Å²) in [5, 5.41) is 12.4. The number of hydrogen-bond donors (Lipinski definition) is 0. The van der Waals surface area contributed by atoms with Crippen LogP contribution >= 0.6 is 0 Å². The van der Waals surface area contributed by atoms with Crippen molar-refractivity contribution in [1.29, 1.82) is 0 Å². The molecule has 50 heavy (non-hydrogen) atoms. The highest BCUT2D eigenvalue weighted by molar-refractivity contribution is 6.33. The van der Waals surface area contributed by atoms with Crippen molar-refractivity contribution in [3.8, 4) is 45.3 Å². The van der Waals surface area contributed by atoms with E-state index in [0.29, 0.717) is 17.5 Å². The minimum atomic E-state index is 0.644. The van der Waals surface area contributed by atoms with Crippen LogP contribution < -0.4 is 0 Å². The van der Waals surface area contributed by atoms with Gasteiger partial charge < -0.3 is 0 Å². The summed E-state index contributed by atoms with van der Waals surface area (Å²) >= 11 is 0. The quantitative estimate of drug-likeness (QED) is 0.181. The molecule has 232 valence electrons. The van der Waals surface area contributed by atoms with E-state index in [1.807, 2.05) is 18.2 Å². The predicted molar refractivity (Wildman–Crippen MR) is 209 cm³/mol. The molecule has 0 bridgehead atoms. The number of benzene rings is 9.